The fourth-order valence-electron chi connectivity index (χ4n) is 5.45. The van der Waals surface area contributed by atoms with E-state index in [1.807, 2.05) is 24.3 Å². The first-order chi connectivity index (χ1) is 16.6. The first-order valence-electron chi connectivity index (χ1n) is 11.3. The number of anilines is 3. The van der Waals surface area contributed by atoms with Crippen LogP contribution in [0.2, 0.25) is 0 Å². The zero-order valence-corrected chi connectivity index (χ0v) is 19.0. The van der Waals surface area contributed by atoms with Crippen LogP contribution in [0.15, 0.2) is 91.0 Å². The molecule has 3 heteroatoms. The maximum absolute atomic E-state index is 10.1. The van der Waals surface area contributed by atoms with Gasteiger partial charge < -0.3 is 4.90 Å². The van der Waals surface area contributed by atoms with Gasteiger partial charge in [-0.25, -0.2) is 0 Å². The van der Waals surface area contributed by atoms with Gasteiger partial charge in [0.25, 0.3) is 0 Å². The molecule has 0 saturated carbocycles. The summed E-state index contributed by atoms with van der Waals surface area (Å²) in [5, 5.41) is 24.7. The number of benzene rings is 5. The van der Waals surface area contributed by atoms with E-state index in [2.05, 4.69) is 79.4 Å². The van der Waals surface area contributed by atoms with Gasteiger partial charge in [0, 0.05) is 16.2 Å². The second-order valence-electron chi connectivity index (χ2n) is 9.25. The molecule has 0 bridgehead atoms. The van der Waals surface area contributed by atoms with Gasteiger partial charge in [-0.3, -0.25) is 0 Å². The van der Waals surface area contributed by atoms with Crippen LogP contribution in [-0.4, -0.2) is 0 Å². The molecule has 0 N–H and O–H groups in total. The van der Waals surface area contributed by atoms with Crippen molar-refractivity contribution in [2.24, 2.45) is 0 Å². The second kappa shape index (κ2) is 7.20. The van der Waals surface area contributed by atoms with Crippen molar-refractivity contribution in [3.63, 3.8) is 0 Å². The number of nitrogens with zero attached hydrogens (tertiary/aromatic N) is 3. The molecule has 0 radical (unpaired) electrons. The highest BCUT2D eigenvalue weighted by atomic mass is 15.2. The number of hydrogen-bond acceptors (Lipinski definition) is 3. The number of nitriles is 2. The molecule has 34 heavy (non-hydrogen) atoms. The van der Waals surface area contributed by atoms with Gasteiger partial charge >= 0.3 is 0 Å². The summed E-state index contributed by atoms with van der Waals surface area (Å²) in [6.07, 6.45) is 0. The van der Waals surface area contributed by atoms with Crippen LogP contribution in [0.4, 0.5) is 17.1 Å². The quantitative estimate of drug-likeness (QED) is 0.269. The van der Waals surface area contributed by atoms with Crippen LogP contribution in [0.1, 0.15) is 36.1 Å². The van der Waals surface area contributed by atoms with Gasteiger partial charge in [-0.15, -0.1) is 0 Å². The molecule has 0 unspecified atom stereocenters. The molecule has 0 atom stereocenters. The monoisotopic (exact) mass is 435 g/mol. The van der Waals surface area contributed by atoms with Crippen LogP contribution in [0.5, 0.6) is 0 Å². The first-order valence-corrected chi connectivity index (χ1v) is 11.3. The van der Waals surface area contributed by atoms with Crippen LogP contribution in [0, 0.1) is 22.7 Å². The Labute approximate surface area is 198 Å². The van der Waals surface area contributed by atoms with E-state index in [1.54, 1.807) is 18.2 Å². The normalized spacial score (nSPS) is 13.7. The average Bonchev–Trinajstić information content (AvgIpc) is 2.88. The molecule has 0 amide bonds. The predicted octanol–water partition coefficient (Wildman–Crippen LogP) is 7.85. The van der Waals surface area contributed by atoms with E-state index in [4.69, 9.17) is 0 Å². The minimum absolute atomic E-state index is 0.274. The molecule has 0 aromatic heterocycles. The lowest BCUT2D eigenvalue weighted by Gasteiger charge is -2.43. The molecule has 0 saturated heterocycles. The Kier molecular flexibility index (Phi) is 4.25. The lowest BCUT2D eigenvalue weighted by molar-refractivity contribution is 0.634. The molecule has 5 aromatic carbocycles. The second-order valence-corrected chi connectivity index (χ2v) is 9.25. The van der Waals surface area contributed by atoms with Crippen molar-refractivity contribution in [1.29, 1.82) is 10.5 Å². The van der Waals surface area contributed by atoms with Gasteiger partial charge in [0.05, 0.1) is 28.2 Å². The fourth-order valence-corrected chi connectivity index (χ4v) is 5.45. The topological polar surface area (TPSA) is 50.8 Å². The van der Waals surface area contributed by atoms with Gasteiger partial charge in [0.1, 0.15) is 12.1 Å². The van der Waals surface area contributed by atoms with Crippen molar-refractivity contribution in [3.8, 4) is 12.1 Å². The molecule has 6 rings (SSSR count). The zero-order chi connectivity index (χ0) is 23.4. The van der Waals surface area contributed by atoms with Gasteiger partial charge in [-0.05, 0) is 34.0 Å². The van der Waals surface area contributed by atoms with Crippen molar-refractivity contribution < 1.29 is 0 Å². The van der Waals surface area contributed by atoms with E-state index in [0.717, 1.165) is 32.9 Å². The number of para-hydroxylation sites is 1. The largest absolute Gasteiger partial charge is 0.306 e. The van der Waals surface area contributed by atoms with Crippen molar-refractivity contribution in [2.45, 2.75) is 19.3 Å². The van der Waals surface area contributed by atoms with Crippen molar-refractivity contribution in [1.82, 2.24) is 0 Å². The van der Waals surface area contributed by atoms with E-state index in [1.165, 1.54) is 11.1 Å². The third-order valence-electron chi connectivity index (χ3n) is 7.10. The lowest BCUT2D eigenvalue weighted by atomic mass is 9.71. The van der Waals surface area contributed by atoms with E-state index in [-0.39, 0.29) is 5.41 Å². The maximum atomic E-state index is 10.1. The van der Waals surface area contributed by atoms with Gasteiger partial charge in [0.2, 0.25) is 0 Å². The SMILES string of the molecule is CC1(C)c2ccc3ccccc3c2N(c2c(C#N)cccc2C#N)c2c1ccc1ccccc21. The summed E-state index contributed by atoms with van der Waals surface area (Å²) < 4.78 is 0. The molecule has 1 aliphatic rings. The van der Waals surface area contributed by atoms with Crippen LogP contribution in [0.3, 0.4) is 0 Å². The molecule has 1 heterocycles. The summed E-state index contributed by atoms with van der Waals surface area (Å²) in [6, 6.07) is 35.5. The summed E-state index contributed by atoms with van der Waals surface area (Å²) in [7, 11) is 0. The van der Waals surface area contributed by atoms with Crippen molar-refractivity contribution in [3.05, 3.63) is 113 Å². The summed E-state index contributed by atoms with van der Waals surface area (Å²) in [4.78, 5) is 2.18. The zero-order valence-electron chi connectivity index (χ0n) is 19.0. The molecular weight excluding hydrogens is 414 g/mol. The highest BCUT2D eigenvalue weighted by Gasteiger charge is 2.40. The molecule has 0 spiro atoms. The van der Waals surface area contributed by atoms with Crippen molar-refractivity contribution >= 4 is 38.6 Å². The molecule has 160 valence electrons. The van der Waals surface area contributed by atoms with Gasteiger partial charge in [0.15, 0.2) is 0 Å². The van der Waals surface area contributed by atoms with Crippen LogP contribution >= 0.6 is 0 Å². The third-order valence-corrected chi connectivity index (χ3v) is 7.10. The van der Waals surface area contributed by atoms with E-state index < -0.39 is 0 Å². The Hall–Kier alpha value is -4.60. The standard InChI is InChI=1S/C31H21N3/c1-31(2)26-16-14-20-8-3-5-12-24(20)29(26)34(28-22(18-32)10-7-11-23(28)19-33)30-25-13-6-4-9-21(25)15-17-27(30)31/h3-17H,1-2H3. The summed E-state index contributed by atoms with van der Waals surface area (Å²) in [5.41, 5.74) is 5.74. The summed E-state index contributed by atoms with van der Waals surface area (Å²) in [6.45, 7) is 4.51. The fraction of sp³-hybridized carbons (Fsp3) is 0.0968. The van der Waals surface area contributed by atoms with Gasteiger partial charge in [-0.2, -0.15) is 10.5 Å². The lowest BCUT2D eigenvalue weighted by Crippen LogP contribution is -2.31. The smallest absolute Gasteiger partial charge is 0.101 e. The molecule has 3 nitrogen and oxygen atoms in total. The predicted molar refractivity (Wildman–Crippen MR) is 138 cm³/mol. The van der Waals surface area contributed by atoms with Crippen molar-refractivity contribution in [2.75, 3.05) is 4.90 Å². The van der Waals surface area contributed by atoms with Crippen LogP contribution < -0.4 is 4.90 Å². The molecule has 1 aliphatic heterocycles. The summed E-state index contributed by atoms with van der Waals surface area (Å²) in [5.74, 6) is 0. The minimum Gasteiger partial charge on any atom is -0.306 e. The Bertz CT molecular complexity index is 1590. The Morgan fingerprint density at radius 1 is 0.559 bits per heavy atom. The van der Waals surface area contributed by atoms with Crippen LogP contribution in [-0.2, 0) is 5.41 Å². The molecular formula is C31H21N3. The molecule has 0 aliphatic carbocycles. The molecule has 0 fully saturated rings. The van der Waals surface area contributed by atoms with Gasteiger partial charge in [-0.1, -0.05) is 92.7 Å². The Morgan fingerprint density at radius 3 is 1.50 bits per heavy atom. The Morgan fingerprint density at radius 2 is 1.03 bits per heavy atom. The average molecular weight is 436 g/mol. The van der Waals surface area contributed by atoms with Crippen LogP contribution in [0.25, 0.3) is 21.5 Å². The highest BCUT2D eigenvalue weighted by Crippen LogP contribution is 2.56. The third kappa shape index (κ3) is 2.62. The number of rotatable bonds is 1. The van der Waals surface area contributed by atoms with E-state index >= 15 is 0 Å². The summed E-state index contributed by atoms with van der Waals surface area (Å²) >= 11 is 0. The van der Waals surface area contributed by atoms with E-state index in [9.17, 15) is 10.5 Å². The minimum atomic E-state index is -0.274. The Balaban J connectivity index is 1.88. The highest BCUT2D eigenvalue weighted by molar-refractivity contribution is 6.10. The maximum Gasteiger partial charge on any atom is 0.101 e. The number of fused-ring (bicyclic) bond motifs is 6. The number of hydrogen-bond donors (Lipinski definition) is 0. The molecule has 5 aromatic rings. The first kappa shape index (κ1) is 20.0. The van der Waals surface area contributed by atoms with E-state index in [0.29, 0.717) is 16.8 Å².